The zero-order valence-electron chi connectivity index (χ0n) is 15.4. The molecular weight excluding hydrogens is 386 g/mol. The number of ether oxygens (including phenoxy) is 1. The van der Waals surface area contributed by atoms with Crippen LogP contribution in [0.25, 0.3) is 11.1 Å². The van der Waals surface area contributed by atoms with E-state index in [1.165, 1.54) is 0 Å². The molecule has 0 atom stereocenters. The molecule has 146 valence electrons. The standard InChI is InChI=1S/C22H19N3O3S/c26-20(24-25-22(29)23-21(27)17-11-5-2-6-12-17)15-28-19-14-8-7-13-18(19)16-9-3-1-4-10-16/h1-14H,15H2,(H,24,26)(H2,23,25,27,29). The zero-order valence-corrected chi connectivity index (χ0v) is 16.2. The Morgan fingerprint density at radius 3 is 2.14 bits per heavy atom. The molecule has 0 heterocycles. The van der Waals surface area contributed by atoms with Crippen LogP contribution < -0.4 is 20.9 Å². The third-order valence-electron chi connectivity index (χ3n) is 3.91. The van der Waals surface area contributed by atoms with Crippen LogP contribution in [-0.4, -0.2) is 23.5 Å². The molecule has 29 heavy (non-hydrogen) atoms. The number of amides is 2. The van der Waals surface area contributed by atoms with E-state index in [-0.39, 0.29) is 17.6 Å². The predicted molar refractivity (Wildman–Crippen MR) is 115 cm³/mol. The van der Waals surface area contributed by atoms with Crippen molar-refractivity contribution in [2.45, 2.75) is 0 Å². The van der Waals surface area contributed by atoms with Crippen LogP contribution in [-0.2, 0) is 4.79 Å². The molecule has 6 nitrogen and oxygen atoms in total. The molecule has 0 unspecified atom stereocenters. The minimum Gasteiger partial charge on any atom is -0.483 e. The Hall–Kier alpha value is -3.71. The molecule has 3 rings (SSSR count). The van der Waals surface area contributed by atoms with Gasteiger partial charge in [0.15, 0.2) is 11.7 Å². The monoisotopic (exact) mass is 405 g/mol. The molecule has 0 aliphatic carbocycles. The van der Waals surface area contributed by atoms with Gasteiger partial charge in [-0.25, -0.2) is 0 Å². The lowest BCUT2D eigenvalue weighted by Crippen LogP contribution is -2.49. The van der Waals surface area contributed by atoms with Crippen molar-refractivity contribution in [2.24, 2.45) is 0 Å². The first-order chi connectivity index (χ1) is 14.1. The molecule has 0 aromatic heterocycles. The third kappa shape index (κ3) is 5.88. The van der Waals surface area contributed by atoms with Crippen LogP contribution in [0.4, 0.5) is 0 Å². The van der Waals surface area contributed by atoms with E-state index >= 15 is 0 Å². The predicted octanol–water partition coefficient (Wildman–Crippen LogP) is 3.07. The molecule has 0 radical (unpaired) electrons. The van der Waals surface area contributed by atoms with Crippen molar-refractivity contribution in [3.63, 3.8) is 0 Å². The van der Waals surface area contributed by atoms with Crippen molar-refractivity contribution in [3.05, 3.63) is 90.5 Å². The molecule has 2 amide bonds. The highest BCUT2D eigenvalue weighted by Gasteiger charge is 2.10. The van der Waals surface area contributed by atoms with Crippen LogP contribution in [0.2, 0.25) is 0 Å². The largest absolute Gasteiger partial charge is 0.483 e. The fourth-order valence-corrected chi connectivity index (χ4v) is 2.69. The minimum absolute atomic E-state index is 0.0168. The Kier molecular flexibility index (Phi) is 6.91. The number of carbonyl (C=O) groups excluding carboxylic acids is 2. The summed E-state index contributed by atoms with van der Waals surface area (Å²) in [7, 11) is 0. The Balaban J connectivity index is 1.48. The number of rotatable bonds is 5. The van der Waals surface area contributed by atoms with Gasteiger partial charge in [-0.05, 0) is 36.0 Å². The molecule has 0 aliphatic heterocycles. The molecule has 0 aliphatic rings. The molecular formula is C22H19N3O3S. The summed E-state index contributed by atoms with van der Waals surface area (Å²) in [6.07, 6.45) is 0. The second kappa shape index (κ2) is 10.0. The summed E-state index contributed by atoms with van der Waals surface area (Å²) >= 11 is 5.01. The lowest BCUT2D eigenvalue weighted by Gasteiger charge is -2.13. The normalized spacial score (nSPS) is 9.93. The van der Waals surface area contributed by atoms with Gasteiger partial charge in [0.1, 0.15) is 5.75 Å². The van der Waals surface area contributed by atoms with E-state index in [1.54, 1.807) is 30.3 Å². The average Bonchev–Trinajstić information content (AvgIpc) is 2.77. The maximum absolute atomic E-state index is 12.1. The van der Waals surface area contributed by atoms with Crippen LogP contribution in [0.1, 0.15) is 10.4 Å². The Morgan fingerprint density at radius 2 is 1.41 bits per heavy atom. The van der Waals surface area contributed by atoms with Crippen LogP contribution in [0.3, 0.4) is 0 Å². The third-order valence-corrected chi connectivity index (χ3v) is 4.11. The Morgan fingerprint density at radius 1 is 0.793 bits per heavy atom. The van der Waals surface area contributed by atoms with Crippen molar-refractivity contribution in [1.82, 2.24) is 16.2 Å². The average molecular weight is 405 g/mol. The highest BCUT2D eigenvalue weighted by atomic mass is 32.1. The Bertz CT molecular complexity index is 994. The van der Waals surface area contributed by atoms with Crippen molar-refractivity contribution in [1.29, 1.82) is 0 Å². The summed E-state index contributed by atoms with van der Waals surface area (Å²) in [5.41, 5.74) is 7.23. The number of carbonyl (C=O) groups is 2. The molecule has 3 aromatic rings. The number of para-hydroxylation sites is 1. The lowest BCUT2D eigenvalue weighted by atomic mass is 10.1. The molecule has 0 saturated carbocycles. The highest BCUT2D eigenvalue weighted by Crippen LogP contribution is 2.29. The number of hydrogen-bond acceptors (Lipinski definition) is 4. The number of nitrogens with one attached hydrogen (secondary N) is 3. The first kappa shape index (κ1) is 20.0. The fraction of sp³-hybridized carbons (Fsp3) is 0.0455. The number of hydrazine groups is 1. The number of hydrogen-bond donors (Lipinski definition) is 3. The summed E-state index contributed by atoms with van der Waals surface area (Å²) in [5.74, 6) is -0.219. The smallest absolute Gasteiger partial charge is 0.276 e. The van der Waals surface area contributed by atoms with Gasteiger partial charge < -0.3 is 4.74 Å². The second-order valence-corrected chi connectivity index (χ2v) is 6.38. The SMILES string of the molecule is O=C(COc1ccccc1-c1ccccc1)NNC(=S)NC(=O)c1ccccc1. The van der Waals surface area contributed by atoms with E-state index in [1.807, 2.05) is 54.6 Å². The van der Waals surface area contributed by atoms with Crippen molar-refractivity contribution in [2.75, 3.05) is 6.61 Å². The van der Waals surface area contributed by atoms with Crippen LogP contribution >= 0.6 is 12.2 Å². The molecule has 0 spiro atoms. The van der Waals surface area contributed by atoms with Gasteiger partial charge in [-0.2, -0.15) is 0 Å². The molecule has 3 aromatic carbocycles. The van der Waals surface area contributed by atoms with Crippen molar-refractivity contribution in [3.8, 4) is 16.9 Å². The van der Waals surface area contributed by atoms with Crippen molar-refractivity contribution >= 4 is 29.1 Å². The second-order valence-electron chi connectivity index (χ2n) is 5.97. The maximum Gasteiger partial charge on any atom is 0.276 e. The maximum atomic E-state index is 12.1. The first-order valence-corrected chi connectivity index (χ1v) is 9.27. The van der Waals surface area contributed by atoms with Gasteiger partial charge >= 0.3 is 0 Å². The van der Waals surface area contributed by atoms with Crippen molar-refractivity contribution < 1.29 is 14.3 Å². The van der Waals surface area contributed by atoms with Gasteiger partial charge in [-0.1, -0.05) is 66.7 Å². The highest BCUT2D eigenvalue weighted by molar-refractivity contribution is 7.80. The van der Waals surface area contributed by atoms with E-state index in [0.29, 0.717) is 11.3 Å². The topological polar surface area (TPSA) is 79.5 Å². The summed E-state index contributed by atoms with van der Waals surface area (Å²) < 4.78 is 5.65. The van der Waals surface area contributed by atoms with Crippen LogP contribution in [0.5, 0.6) is 5.75 Å². The van der Waals surface area contributed by atoms with E-state index in [0.717, 1.165) is 11.1 Å². The van der Waals surface area contributed by atoms with E-state index < -0.39 is 5.91 Å². The quantitative estimate of drug-likeness (QED) is 0.449. The zero-order chi connectivity index (χ0) is 20.5. The molecule has 3 N–H and O–H groups in total. The van der Waals surface area contributed by atoms with Gasteiger partial charge in [0, 0.05) is 11.1 Å². The van der Waals surface area contributed by atoms with Gasteiger partial charge in [-0.3, -0.25) is 25.8 Å². The Labute approximate surface area is 173 Å². The van der Waals surface area contributed by atoms with Gasteiger partial charge in [0.25, 0.3) is 11.8 Å². The number of thiocarbonyl (C=S) groups is 1. The number of benzene rings is 3. The van der Waals surface area contributed by atoms with E-state index in [2.05, 4.69) is 16.2 Å². The van der Waals surface area contributed by atoms with Gasteiger partial charge in [0.05, 0.1) is 0 Å². The first-order valence-electron chi connectivity index (χ1n) is 8.86. The summed E-state index contributed by atoms with van der Waals surface area (Å²) in [5, 5.41) is 2.47. The molecule has 0 bridgehead atoms. The summed E-state index contributed by atoms with van der Waals surface area (Å²) in [6, 6.07) is 25.9. The van der Waals surface area contributed by atoms with Gasteiger partial charge in [-0.15, -0.1) is 0 Å². The van der Waals surface area contributed by atoms with Crippen LogP contribution in [0.15, 0.2) is 84.9 Å². The molecule has 0 saturated heterocycles. The molecule has 0 fully saturated rings. The minimum atomic E-state index is -0.441. The fourth-order valence-electron chi connectivity index (χ4n) is 2.55. The lowest BCUT2D eigenvalue weighted by molar-refractivity contribution is -0.123. The van der Waals surface area contributed by atoms with Crippen LogP contribution in [0, 0.1) is 0 Å². The summed E-state index contributed by atoms with van der Waals surface area (Å²) in [6.45, 7) is -0.216. The molecule has 7 heteroatoms. The van der Waals surface area contributed by atoms with E-state index in [4.69, 9.17) is 17.0 Å². The summed E-state index contributed by atoms with van der Waals surface area (Å²) in [4.78, 5) is 24.1. The van der Waals surface area contributed by atoms with E-state index in [9.17, 15) is 9.59 Å². The van der Waals surface area contributed by atoms with Gasteiger partial charge in [0.2, 0.25) is 0 Å².